The number of nitrogens with zero attached hydrogens (tertiary/aromatic N) is 3. The van der Waals surface area contributed by atoms with E-state index in [4.69, 9.17) is 22.9 Å². The molecular weight excluding hydrogens is 752 g/mol. The molecule has 1 aromatic rings. The Labute approximate surface area is 327 Å². The first-order valence-corrected chi connectivity index (χ1v) is 18.7. The van der Waals surface area contributed by atoms with Crippen molar-refractivity contribution in [1.82, 2.24) is 41.0 Å². The highest BCUT2D eigenvalue weighted by atomic mass is 16.4. The lowest BCUT2D eigenvalue weighted by Crippen LogP contribution is -2.61. The van der Waals surface area contributed by atoms with Gasteiger partial charge in [0.25, 0.3) is 0 Å². The Bertz CT molecular complexity index is 1610. The zero-order chi connectivity index (χ0) is 42.2. The predicted molar refractivity (Wildman–Crippen MR) is 197 cm³/mol. The molecular formula is C34H54N12O11. The molecule has 3 heterocycles. The molecule has 0 bridgehead atoms. The minimum Gasteiger partial charge on any atom is -0.480 e. The second kappa shape index (κ2) is 22.2. The van der Waals surface area contributed by atoms with Crippen LogP contribution in [0.25, 0.3) is 0 Å². The Hall–Kier alpha value is -5.68. The fourth-order valence-electron chi connectivity index (χ4n) is 6.68. The van der Waals surface area contributed by atoms with E-state index in [0.717, 1.165) is 0 Å². The third-order valence-electron chi connectivity index (χ3n) is 9.71. The highest BCUT2D eigenvalue weighted by Crippen LogP contribution is 2.26. The molecule has 23 heteroatoms. The summed E-state index contributed by atoms with van der Waals surface area (Å²) in [5.41, 5.74) is 22.4. The molecule has 0 radical (unpaired) electrons. The number of carbonyl (C=O) groups excluding carboxylic acids is 8. The molecule has 0 unspecified atom stereocenters. The van der Waals surface area contributed by atoms with E-state index in [0.29, 0.717) is 37.9 Å². The molecule has 7 atom stereocenters. The molecule has 15 N–H and O–H groups in total. The van der Waals surface area contributed by atoms with Gasteiger partial charge in [-0.3, -0.25) is 38.4 Å². The minimum absolute atomic E-state index is 0.0687. The van der Waals surface area contributed by atoms with Crippen molar-refractivity contribution in [2.24, 2.45) is 22.9 Å². The van der Waals surface area contributed by atoms with E-state index in [1.165, 1.54) is 22.3 Å². The molecule has 316 valence electrons. The summed E-state index contributed by atoms with van der Waals surface area (Å²) in [7, 11) is 0. The van der Waals surface area contributed by atoms with E-state index in [9.17, 15) is 53.4 Å². The van der Waals surface area contributed by atoms with Gasteiger partial charge >= 0.3 is 5.97 Å². The first-order chi connectivity index (χ1) is 27.1. The van der Waals surface area contributed by atoms with Gasteiger partial charge in [-0.15, -0.1) is 0 Å². The number of nitrogens with one attached hydrogen (secondary N) is 5. The number of hydrogen-bond donors (Lipinski definition) is 11. The van der Waals surface area contributed by atoms with Crippen LogP contribution in [0.2, 0.25) is 0 Å². The number of aromatic amines is 1. The standard InChI is InChI=1S/C34H54N12O11/c35-10-2-1-5-19(36)28(50)41-20(8-9-26(37)48)29(51)44-23(16-47)31(53)42-21(13-18-15-39-17-40-18)30(52)43-22(14-27(38)49)32(54)45-11-3-6-24(45)33(55)46-12-4-7-25(46)34(56)57/h15,17,19-25,47H,1-14,16,35-36H2,(H2,37,48)(H2,38,49)(H,39,40)(H,41,50)(H,42,53)(H,43,52)(H,44,51)(H,56,57)/t19-,20-,21-,22-,23-,24-,25-/m0/s1. The number of carboxylic acids is 1. The number of rotatable bonds is 23. The summed E-state index contributed by atoms with van der Waals surface area (Å²) in [4.78, 5) is 125. The molecule has 2 fully saturated rings. The van der Waals surface area contributed by atoms with Crippen LogP contribution in [0, 0.1) is 0 Å². The number of H-pyrrole nitrogens is 1. The van der Waals surface area contributed by atoms with Crippen LogP contribution in [0.5, 0.6) is 0 Å². The summed E-state index contributed by atoms with van der Waals surface area (Å²) >= 11 is 0. The highest BCUT2D eigenvalue weighted by molar-refractivity contribution is 5.98. The first-order valence-electron chi connectivity index (χ1n) is 18.7. The van der Waals surface area contributed by atoms with E-state index < -0.39 is 109 Å². The van der Waals surface area contributed by atoms with Crippen molar-refractivity contribution in [3.05, 3.63) is 18.2 Å². The van der Waals surface area contributed by atoms with Gasteiger partial charge in [0.1, 0.15) is 36.3 Å². The number of imidazole rings is 1. The monoisotopic (exact) mass is 806 g/mol. The molecule has 8 amide bonds. The van der Waals surface area contributed by atoms with E-state index >= 15 is 0 Å². The van der Waals surface area contributed by atoms with E-state index in [1.807, 2.05) is 0 Å². The Morgan fingerprint density at radius 2 is 1.39 bits per heavy atom. The quantitative estimate of drug-likeness (QED) is 0.0460. The number of likely N-dealkylation sites (tertiary alicyclic amines) is 2. The van der Waals surface area contributed by atoms with Gasteiger partial charge in [-0.1, -0.05) is 6.42 Å². The number of unbranched alkanes of at least 4 members (excludes halogenated alkanes) is 1. The maximum atomic E-state index is 13.9. The zero-order valence-corrected chi connectivity index (χ0v) is 31.5. The zero-order valence-electron chi connectivity index (χ0n) is 31.5. The summed E-state index contributed by atoms with van der Waals surface area (Å²) in [6, 6.07) is -9.37. The van der Waals surface area contributed by atoms with Crippen LogP contribution in [0.3, 0.4) is 0 Å². The van der Waals surface area contributed by atoms with Crippen LogP contribution in [-0.4, -0.2) is 152 Å². The average molecular weight is 807 g/mol. The van der Waals surface area contributed by atoms with Gasteiger partial charge in [-0.25, -0.2) is 9.78 Å². The van der Waals surface area contributed by atoms with Gasteiger partial charge in [0, 0.05) is 37.8 Å². The number of aliphatic hydroxyl groups is 1. The van der Waals surface area contributed by atoms with Crippen molar-refractivity contribution < 1.29 is 53.4 Å². The molecule has 0 saturated carbocycles. The van der Waals surface area contributed by atoms with Gasteiger partial charge in [0.05, 0.1) is 25.4 Å². The topological polar surface area (TPSA) is 381 Å². The van der Waals surface area contributed by atoms with Gasteiger partial charge in [0.2, 0.25) is 47.3 Å². The minimum atomic E-state index is -1.71. The summed E-state index contributed by atoms with van der Waals surface area (Å²) in [6.07, 6.45) is 3.79. The molecule has 2 aliphatic heterocycles. The summed E-state index contributed by atoms with van der Waals surface area (Å²) < 4.78 is 0. The van der Waals surface area contributed by atoms with Crippen LogP contribution in [0.4, 0.5) is 0 Å². The van der Waals surface area contributed by atoms with Crippen molar-refractivity contribution in [1.29, 1.82) is 0 Å². The van der Waals surface area contributed by atoms with Gasteiger partial charge < -0.3 is 69.2 Å². The summed E-state index contributed by atoms with van der Waals surface area (Å²) in [6.45, 7) is -0.346. The Morgan fingerprint density at radius 1 is 0.789 bits per heavy atom. The number of aromatic nitrogens is 2. The number of carboxylic acid groups (broad SMARTS) is 1. The van der Waals surface area contributed by atoms with E-state index in [1.54, 1.807) is 0 Å². The number of primary amides is 2. The van der Waals surface area contributed by atoms with Crippen molar-refractivity contribution in [3.8, 4) is 0 Å². The van der Waals surface area contributed by atoms with Crippen LogP contribution < -0.4 is 44.2 Å². The van der Waals surface area contributed by atoms with Crippen molar-refractivity contribution in [2.75, 3.05) is 26.2 Å². The molecule has 0 aromatic carbocycles. The van der Waals surface area contributed by atoms with Crippen LogP contribution >= 0.6 is 0 Å². The lowest BCUT2D eigenvalue weighted by Gasteiger charge is -2.32. The SMILES string of the molecule is NCCCC[C@H](N)C(=O)N[C@@H](CCC(N)=O)C(=O)N[C@@H](CO)C(=O)N[C@@H](Cc1cnc[nH]1)C(=O)N[C@@H](CC(N)=O)C(=O)N1CCC[C@H]1C(=O)N1CCC[C@H]1C(=O)O. The van der Waals surface area contributed by atoms with Gasteiger partial charge in [0.15, 0.2) is 0 Å². The van der Waals surface area contributed by atoms with Gasteiger partial charge in [-0.2, -0.15) is 0 Å². The number of hydrogen-bond acceptors (Lipinski definition) is 13. The number of amides is 8. The average Bonchev–Trinajstić information content (AvgIpc) is 3.97. The van der Waals surface area contributed by atoms with Crippen molar-refractivity contribution in [2.45, 2.75) is 113 Å². The molecule has 2 saturated heterocycles. The molecule has 3 rings (SSSR count). The molecule has 23 nitrogen and oxygen atoms in total. The lowest BCUT2D eigenvalue weighted by molar-refractivity contribution is -0.152. The second-order valence-electron chi connectivity index (χ2n) is 14.0. The molecule has 0 aliphatic carbocycles. The molecule has 0 spiro atoms. The largest absolute Gasteiger partial charge is 0.480 e. The van der Waals surface area contributed by atoms with E-state index in [-0.39, 0.29) is 51.6 Å². The normalized spacial score (nSPS) is 19.1. The second-order valence-corrected chi connectivity index (χ2v) is 14.0. The highest BCUT2D eigenvalue weighted by Gasteiger charge is 2.44. The maximum Gasteiger partial charge on any atom is 0.326 e. The summed E-state index contributed by atoms with van der Waals surface area (Å²) in [5, 5.41) is 29.3. The molecule has 2 aliphatic rings. The number of aliphatic hydroxyl groups excluding tert-OH is 1. The van der Waals surface area contributed by atoms with Crippen LogP contribution in [0.15, 0.2) is 12.5 Å². The summed E-state index contributed by atoms with van der Waals surface area (Å²) in [5.74, 6) is -8.11. The number of aliphatic carboxylic acids is 1. The van der Waals surface area contributed by atoms with Crippen LogP contribution in [0.1, 0.15) is 69.9 Å². The first kappa shape index (κ1) is 45.7. The van der Waals surface area contributed by atoms with Crippen molar-refractivity contribution >= 4 is 53.2 Å². The predicted octanol–water partition coefficient (Wildman–Crippen LogP) is -5.45. The smallest absolute Gasteiger partial charge is 0.326 e. The fraction of sp³-hybridized carbons (Fsp3) is 0.647. The number of nitrogens with two attached hydrogens (primary N) is 4. The van der Waals surface area contributed by atoms with Gasteiger partial charge in [-0.05, 0) is 51.5 Å². The third kappa shape index (κ3) is 13.5. The fourth-order valence-corrected chi connectivity index (χ4v) is 6.68. The van der Waals surface area contributed by atoms with Crippen LogP contribution in [-0.2, 0) is 49.6 Å². The number of carbonyl (C=O) groups is 9. The molecule has 57 heavy (non-hydrogen) atoms. The lowest BCUT2D eigenvalue weighted by atomic mass is 10.1. The van der Waals surface area contributed by atoms with E-state index in [2.05, 4.69) is 31.2 Å². The molecule has 1 aromatic heterocycles. The maximum absolute atomic E-state index is 13.9. The Balaban J connectivity index is 1.78. The Kier molecular flexibility index (Phi) is 17.8. The van der Waals surface area contributed by atoms with Crippen molar-refractivity contribution in [3.63, 3.8) is 0 Å². The Morgan fingerprint density at radius 3 is 1.98 bits per heavy atom. The third-order valence-corrected chi connectivity index (χ3v) is 9.71.